The molecule has 0 N–H and O–H groups in total. The third kappa shape index (κ3) is 3.13. The highest BCUT2D eigenvalue weighted by molar-refractivity contribution is 7.99. The molecule has 0 saturated carbocycles. The summed E-state index contributed by atoms with van der Waals surface area (Å²) < 4.78 is 12.7. The number of hydrogen-bond donors (Lipinski definition) is 0. The summed E-state index contributed by atoms with van der Waals surface area (Å²) >= 11 is 3.31. The predicted octanol–water partition coefficient (Wildman–Crippen LogP) is 3.51. The lowest BCUT2D eigenvalue weighted by molar-refractivity contribution is 0.356. The Morgan fingerprint density at radius 2 is 2.04 bits per heavy atom. The number of ether oxygens (including phenoxy) is 2. The number of nitrogens with zero attached hydrogens (tertiary/aromatic N) is 4. The van der Waals surface area contributed by atoms with E-state index in [2.05, 4.69) is 29.1 Å². The zero-order valence-electron chi connectivity index (χ0n) is 13.4. The molecule has 0 radical (unpaired) electrons. The average molecular weight is 350 g/mol. The molecule has 2 aromatic heterocycles. The molecular weight excluding hydrogens is 332 g/mol. The number of thioether (sulfide) groups is 1. The molecule has 0 unspecified atom stereocenters. The normalized spacial score (nSPS) is 11.3. The Kier molecular flexibility index (Phi) is 4.72. The highest BCUT2D eigenvalue weighted by atomic mass is 32.2. The summed E-state index contributed by atoms with van der Waals surface area (Å²) in [5, 5.41) is 14.5. The maximum absolute atomic E-state index is 5.50. The van der Waals surface area contributed by atoms with Gasteiger partial charge in [0.25, 0.3) is 0 Å². The van der Waals surface area contributed by atoms with E-state index in [1.165, 1.54) is 11.3 Å². The lowest BCUT2D eigenvalue weighted by Gasteiger charge is -2.10. The van der Waals surface area contributed by atoms with Crippen molar-refractivity contribution in [1.82, 2.24) is 19.8 Å². The van der Waals surface area contributed by atoms with E-state index in [0.717, 1.165) is 27.1 Å². The Morgan fingerprint density at radius 1 is 1.22 bits per heavy atom. The lowest BCUT2D eigenvalue weighted by atomic mass is 10.2. The van der Waals surface area contributed by atoms with Crippen molar-refractivity contribution in [2.45, 2.75) is 24.9 Å². The summed E-state index contributed by atoms with van der Waals surface area (Å²) in [6.07, 6.45) is 0. The second-order valence-electron chi connectivity index (χ2n) is 5.12. The van der Waals surface area contributed by atoms with E-state index in [1.54, 1.807) is 14.2 Å². The van der Waals surface area contributed by atoms with E-state index >= 15 is 0 Å². The second kappa shape index (κ2) is 6.76. The third-order valence-corrected chi connectivity index (χ3v) is 5.26. The Bertz CT molecular complexity index is 813. The number of fused-ring (bicyclic) bond motifs is 1. The number of benzene rings is 1. The molecule has 0 saturated heterocycles. The highest BCUT2D eigenvalue weighted by Crippen LogP contribution is 2.39. The molecule has 0 aliphatic carbocycles. The monoisotopic (exact) mass is 350 g/mol. The van der Waals surface area contributed by atoms with E-state index in [4.69, 9.17) is 9.47 Å². The van der Waals surface area contributed by atoms with Crippen molar-refractivity contribution in [2.24, 2.45) is 0 Å². The molecule has 0 bridgehead atoms. The largest absolute Gasteiger partial charge is 0.493 e. The fraction of sp³-hybridized carbons (Fsp3) is 0.400. The van der Waals surface area contributed by atoms with Gasteiger partial charge in [-0.2, -0.15) is 21.4 Å². The van der Waals surface area contributed by atoms with Crippen LogP contribution in [0.25, 0.3) is 15.5 Å². The summed E-state index contributed by atoms with van der Waals surface area (Å²) in [6, 6.07) is 5.76. The predicted molar refractivity (Wildman–Crippen MR) is 93.6 cm³/mol. The van der Waals surface area contributed by atoms with Gasteiger partial charge in [0.15, 0.2) is 22.3 Å². The molecular formula is C15H18N4O2S2. The van der Waals surface area contributed by atoms with Crippen molar-refractivity contribution in [3.63, 3.8) is 0 Å². The number of methoxy groups -OCH3 is 2. The topological polar surface area (TPSA) is 61.5 Å². The van der Waals surface area contributed by atoms with Crippen LogP contribution in [0.15, 0.2) is 18.2 Å². The van der Waals surface area contributed by atoms with Crippen LogP contribution < -0.4 is 9.47 Å². The van der Waals surface area contributed by atoms with Gasteiger partial charge in [0.2, 0.25) is 4.96 Å². The fourth-order valence-corrected chi connectivity index (χ4v) is 3.70. The zero-order chi connectivity index (χ0) is 16.4. The fourth-order valence-electron chi connectivity index (χ4n) is 2.15. The minimum atomic E-state index is 0.541. The molecule has 0 atom stereocenters. The van der Waals surface area contributed by atoms with Gasteiger partial charge in [0.1, 0.15) is 0 Å². The van der Waals surface area contributed by atoms with Crippen LogP contribution in [-0.4, -0.2) is 39.3 Å². The first-order chi connectivity index (χ1) is 11.1. The van der Waals surface area contributed by atoms with Gasteiger partial charge >= 0.3 is 0 Å². The smallest absolute Gasteiger partial charge is 0.235 e. The molecule has 3 aromatic rings. The van der Waals surface area contributed by atoms with Crippen LogP contribution >= 0.6 is 23.1 Å². The second-order valence-corrected chi connectivity index (χ2v) is 7.64. The molecule has 0 amide bonds. The van der Waals surface area contributed by atoms with E-state index in [-0.39, 0.29) is 0 Å². The summed E-state index contributed by atoms with van der Waals surface area (Å²) in [6.45, 7) is 4.33. The van der Waals surface area contributed by atoms with E-state index < -0.39 is 0 Å². The molecule has 0 aliphatic heterocycles. The Balaban J connectivity index is 2.01. The molecule has 8 heteroatoms. The first-order valence-corrected chi connectivity index (χ1v) is 9.04. The van der Waals surface area contributed by atoms with Gasteiger partial charge in [0.05, 0.1) is 25.5 Å². The molecule has 6 nitrogen and oxygen atoms in total. The molecule has 1 aromatic carbocycles. The van der Waals surface area contributed by atoms with E-state index in [0.29, 0.717) is 16.7 Å². The number of rotatable bonds is 6. The molecule has 0 aliphatic rings. The maximum Gasteiger partial charge on any atom is 0.235 e. The molecule has 23 heavy (non-hydrogen) atoms. The minimum absolute atomic E-state index is 0.541. The quantitative estimate of drug-likeness (QED) is 0.678. The number of aromatic nitrogens is 4. The average Bonchev–Trinajstić information content (AvgIpc) is 3.12. The minimum Gasteiger partial charge on any atom is -0.493 e. The summed E-state index contributed by atoms with van der Waals surface area (Å²) in [5.74, 6) is 3.02. The maximum atomic E-state index is 5.50. The van der Waals surface area contributed by atoms with Crippen molar-refractivity contribution >= 4 is 28.1 Å². The Hall–Kier alpha value is -1.80. The lowest BCUT2D eigenvalue weighted by Crippen LogP contribution is -1.97. The van der Waals surface area contributed by atoms with Crippen LogP contribution in [-0.2, 0) is 5.75 Å². The van der Waals surface area contributed by atoms with E-state index in [9.17, 15) is 0 Å². The first-order valence-electron chi connectivity index (χ1n) is 7.18. The summed E-state index contributed by atoms with van der Waals surface area (Å²) in [7, 11) is 3.26. The molecule has 0 fully saturated rings. The zero-order valence-corrected chi connectivity index (χ0v) is 15.1. The number of hydrogen-bond acceptors (Lipinski definition) is 7. The van der Waals surface area contributed by atoms with Crippen molar-refractivity contribution in [3.8, 4) is 22.1 Å². The SMILES string of the molecule is COc1cccc(-c2nn3c(CSC(C)C)nnc3s2)c1OC. The van der Waals surface area contributed by atoms with Crippen molar-refractivity contribution in [2.75, 3.05) is 14.2 Å². The first kappa shape index (κ1) is 16.1. The summed E-state index contributed by atoms with van der Waals surface area (Å²) in [4.78, 5) is 0.782. The van der Waals surface area contributed by atoms with Gasteiger partial charge in [-0.05, 0) is 17.4 Å². The van der Waals surface area contributed by atoms with Gasteiger partial charge in [-0.1, -0.05) is 31.3 Å². The number of para-hydroxylation sites is 1. The van der Waals surface area contributed by atoms with Gasteiger partial charge < -0.3 is 9.47 Å². The van der Waals surface area contributed by atoms with Crippen molar-refractivity contribution in [1.29, 1.82) is 0 Å². The van der Waals surface area contributed by atoms with Crippen LogP contribution in [0.1, 0.15) is 19.7 Å². The highest BCUT2D eigenvalue weighted by Gasteiger charge is 2.18. The molecule has 3 rings (SSSR count). The van der Waals surface area contributed by atoms with Gasteiger partial charge in [-0.3, -0.25) is 0 Å². The third-order valence-electron chi connectivity index (χ3n) is 3.23. The molecule has 0 spiro atoms. The summed E-state index contributed by atoms with van der Waals surface area (Å²) in [5.41, 5.74) is 0.893. The Labute approximate surface area is 142 Å². The van der Waals surface area contributed by atoms with E-state index in [1.807, 2.05) is 34.5 Å². The van der Waals surface area contributed by atoms with Crippen LogP contribution in [0.5, 0.6) is 11.5 Å². The van der Waals surface area contributed by atoms with Gasteiger partial charge in [-0.15, -0.1) is 10.2 Å². The standard InChI is InChI=1S/C15H18N4O2S2/c1-9(2)22-8-12-16-17-15-19(12)18-14(23-15)10-6-5-7-11(20-3)13(10)21-4/h5-7,9H,8H2,1-4H3. The van der Waals surface area contributed by atoms with Crippen LogP contribution in [0, 0.1) is 0 Å². The van der Waals surface area contributed by atoms with Crippen molar-refractivity contribution in [3.05, 3.63) is 24.0 Å². The van der Waals surface area contributed by atoms with Gasteiger partial charge in [-0.25, -0.2) is 0 Å². The van der Waals surface area contributed by atoms with Crippen LogP contribution in [0.3, 0.4) is 0 Å². The molecule has 122 valence electrons. The Morgan fingerprint density at radius 3 is 2.74 bits per heavy atom. The van der Waals surface area contributed by atoms with Crippen molar-refractivity contribution < 1.29 is 9.47 Å². The van der Waals surface area contributed by atoms with Gasteiger partial charge in [0, 0.05) is 0 Å². The van der Waals surface area contributed by atoms with Crippen LogP contribution in [0.2, 0.25) is 0 Å². The van der Waals surface area contributed by atoms with Crippen LogP contribution in [0.4, 0.5) is 0 Å². The molecule has 2 heterocycles.